The van der Waals surface area contributed by atoms with Crippen LogP contribution in [0.15, 0.2) is 16.7 Å². The van der Waals surface area contributed by atoms with Crippen molar-refractivity contribution in [2.24, 2.45) is 5.92 Å². The minimum atomic E-state index is 0.823. The first-order valence-electron chi connectivity index (χ1n) is 7.85. The lowest BCUT2D eigenvalue weighted by molar-refractivity contribution is 0.284. The van der Waals surface area contributed by atoms with E-state index in [0.29, 0.717) is 0 Å². The summed E-state index contributed by atoms with van der Waals surface area (Å²) in [6.07, 6.45) is 4.43. The molecule has 0 spiro atoms. The molecule has 4 nitrogen and oxygen atoms in total. The minimum Gasteiger partial charge on any atom is -0.356 e. The zero-order chi connectivity index (χ0) is 15.2. The zero-order valence-corrected chi connectivity index (χ0v) is 15.0. The fourth-order valence-corrected chi connectivity index (χ4v) is 3.37. The largest absolute Gasteiger partial charge is 0.356 e. The van der Waals surface area contributed by atoms with Crippen molar-refractivity contribution >= 4 is 21.7 Å². The summed E-state index contributed by atoms with van der Waals surface area (Å²) in [5.74, 6) is 1.98. The predicted molar refractivity (Wildman–Crippen MR) is 92.8 cm³/mol. The van der Waals surface area contributed by atoms with Crippen LogP contribution >= 0.6 is 15.9 Å². The number of aromatic nitrogens is 1. The lowest BCUT2D eigenvalue weighted by Crippen LogP contribution is -2.38. The Labute approximate surface area is 137 Å². The van der Waals surface area contributed by atoms with Gasteiger partial charge in [0.2, 0.25) is 0 Å². The number of nitrogens with one attached hydrogen (secondary N) is 1. The highest BCUT2D eigenvalue weighted by atomic mass is 79.9. The molecular formula is C16H27BrN4. The molecule has 0 saturated carbocycles. The molecule has 0 amide bonds. The van der Waals surface area contributed by atoms with Crippen molar-refractivity contribution in [3.05, 3.63) is 22.3 Å². The van der Waals surface area contributed by atoms with Gasteiger partial charge in [0.1, 0.15) is 5.82 Å². The molecule has 2 rings (SSSR count). The number of nitrogens with zero attached hydrogens (tertiary/aromatic N) is 3. The van der Waals surface area contributed by atoms with Gasteiger partial charge < -0.3 is 15.1 Å². The summed E-state index contributed by atoms with van der Waals surface area (Å²) < 4.78 is 1.06. The molecule has 118 valence electrons. The van der Waals surface area contributed by atoms with Crippen molar-refractivity contribution in [1.29, 1.82) is 0 Å². The Morgan fingerprint density at radius 3 is 2.71 bits per heavy atom. The summed E-state index contributed by atoms with van der Waals surface area (Å²) in [6.45, 7) is 7.44. The van der Waals surface area contributed by atoms with E-state index >= 15 is 0 Å². The second kappa shape index (κ2) is 8.11. The number of anilines is 1. The molecule has 1 aromatic heterocycles. The first-order valence-corrected chi connectivity index (χ1v) is 8.64. The predicted octanol–water partition coefficient (Wildman–Crippen LogP) is 2.73. The van der Waals surface area contributed by atoms with E-state index in [4.69, 9.17) is 0 Å². The van der Waals surface area contributed by atoms with Crippen LogP contribution in [0.25, 0.3) is 0 Å². The maximum Gasteiger partial charge on any atom is 0.133 e. The third kappa shape index (κ3) is 4.94. The lowest BCUT2D eigenvalue weighted by Gasteiger charge is -2.35. The molecule has 0 aromatic carbocycles. The van der Waals surface area contributed by atoms with Gasteiger partial charge in [0.25, 0.3) is 0 Å². The van der Waals surface area contributed by atoms with Gasteiger partial charge in [-0.15, -0.1) is 0 Å². The molecule has 1 fully saturated rings. The molecule has 0 bridgehead atoms. The molecule has 1 aromatic rings. The highest BCUT2D eigenvalue weighted by molar-refractivity contribution is 9.10. The Kier molecular flexibility index (Phi) is 6.45. The standard InChI is InChI=1S/C16H27BrN4/c1-4-18-10-14-9-15(17)11-19-16(14)21-7-5-13(6-8-21)12-20(2)3/h9,11,13,18H,4-8,10,12H2,1-3H3. The first-order chi connectivity index (χ1) is 10.1. The maximum absolute atomic E-state index is 4.67. The molecule has 1 saturated heterocycles. The van der Waals surface area contributed by atoms with Crippen LogP contribution in [0, 0.1) is 5.92 Å². The Balaban J connectivity index is 2.02. The minimum absolute atomic E-state index is 0.823. The number of rotatable bonds is 6. The Morgan fingerprint density at radius 2 is 2.10 bits per heavy atom. The Morgan fingerprint density at radius 1 is 1.38 bits per heavy atom. The SMILES string of the molecule is CCNCc1cc(Br)cnc1N1CCC(CN(C)C)CC1. The van der Waals surface area contributed by atoms with E-state index in [1.807, 2.05) is 6.20 Å². The summed E-state index contributed by atoms with van der Waals surface area (Å²) in [4.78, 5) is 9.42. The zero-order valence-electron chi connectivity index (χ0n) is 13.4. The molecule has 0 aliphatic carbocycles. The van der Waals surface area contributed by atoms with Crippen LogP contribution in [0.4, 0.5) is 5.82 Å². The van der Waals surface area contributed by atoms with E-state index in [-0.39, 0.29) is 0 Å². The Hall–Kier alpha value is -0.650. The van der Waals surface area contributed by atoms with Gasteiger partial charge in [0, 0.05) is 42.4 Å². The molecule has 0 radical (unpaired) electrons. The van der Waals surface area contributed by atoms with Crippen LogP contribution in [0.2, 0.25) is 0 Å². The van der Waals surface area contributed by atoms with Crippen LogP contribution < -0.4 is 10.2 Å². The second-order valence-corrected chi connectivity index (χ2v) is 7.02. The number of halogens is 1. The van der Waals surface area contributed by atoms with Gasteiger partial charge in [0.05, 0.1) is 0 Å². The average Bonchev–Trinajstić information content (AvgIpc) is 2.46. The fraction of sp³-hybridized carbons (Fsp3) is 0.688. The topological polar surface area (TPSA) is 31.4 Å². The highest BCUT2D eigenvalue weighted by Gasteiger charge is 2.22. The van der Waals surface area contributed by atoms with Crippen LogP contribution in [0.3, 0.4) is 0 Å². The van der Waals surface area contributed by atoms with Crippen molar-refractivity contribution in [3.8, 4) is 0 Å². The third-order valence-electron chi connectivity index (χ3n) is 4.01. The van der Waals surface area contributed by atoms with E-state index in [2.05, 4.69) is 63.1 Å². The van der Waals surface area contributed by atoms with Crippen molar-refractivity contribution in [2.75, 3.05) is 45.2 Å². The average molecular weight is 355 g/mol. The smallest absolute Gasteiger partial charge is 0.133 e. The number of piperidine rings is 1. The van der Waals surface area contributed by atoms with Gasteiger partial charge in [-0.1, -0.05) is 6.92 Å². The van der Waals surface area contributed by atoms with Crippen LogP contribution in [-0.4, -0.2) is 50.2 Å². The van der Waals surface area contributed by atoms with Crippen molar-refractivity contribution < 1.29 is 0 Å². The maximum atomic E-state index is 4.67. The van der Waals surface area contributed by atoms with Gasteiger partial charge >= 0.3 is 0 Å². The quantitative estimate of drug-likeness (QED) is 0.850. The van der Waals surface area contributed by atoms with E-state index < -0.39 is 0 Å². The van der Waals surface area contributed by atoms with Gasteiger partial charge in [-0.05, 0) is 61.4 Å². The number of pyridine rings is 1. The number of hydrogen-bond donors (Lipinski definition) is 1. The highest BCUT2D eigenvalue weighted by Crippen LogP contribution is 2.26. The van der Waals surface area contributed by atoms with Gasteiger partial charge in [0.15, 0.2) is 0 Å². The summed E-state index contributed by atoms with van der Waals surface area (Å²) in [5, 5.41) is 3.41. The molecule has 2 heterocycles. The Bertz CT molecular complexity index is 442. The second-order valence-electron chi connectivity index (χ2n) is 6.11. The summed E-state index contributed by atoms with van der Waals surface area (Å²) >= 11 is 3.53. The van der Waals surface area contributed by atoms with Crippen LogP contribution in [0.1, 0.15) is 25.3 Å². The van der Waals surface area contributed by atoms with Crippen molar-refractivity contribution in [2.45, 2.75) is 26.3 Å². The van der Waals surface area contributed by atoms with E-state index in [1.165, 1.54) is 24.9 Å². The molecule has 1 aliphatic rings. The van der Waals surface area contributed by atoms with E-state index in [9.17, 15) is 0 Å². The summed E-state index contributed by atoms with van der Waals surface area (Å²) in [7, 11) is 4.33. The van der Waals surface area contributed by atoms with Crippen molar-refractivity contribution in [1.82, 2.24) is 15.2 Å². The summed E-state index contributed by atoms with van der Waals surface area (Å²) in [5.41, 5.74) is 1.29. The molecular weight excluding hydrogens is 328 g/mol. The van der Waals surface area contributed by atoms with Gasteiger partial charge in [-0.2, -0.15) is 0 Å². The van der Waals surface area contributed by atoms with E-state index in [1.54, 1.807) is 0 Å². The van der Waals surface area contributed by atoms with Crippen LogP contribution in [0.5, 0.6) is 0 Å². The first kappa shape index (κ1) is 16.7. The van der Waals surface area contributed by atoms with Gasteiger partial charge in [-0.3, -0.25) is 0 Å². The third-order valence-corrected chi connectivity index (χ3v) is 4.45. The van der Waals surface area contributed by atoms with Crippen LogP contribution in [-0.2, 0) is 6.54 Å². The fourth-order valence-electron chi connectivity index (χ4n) is 2.99. The summed E-state index contributed by atoms with van der Waals surface area (Å²) in [6, 6.07) is 2.19. The number of hydrogen-bond acceptors (Lipinski definition) is 4. The molecule has 1 N–H and O–H groups in total. The lowest BCUT2D eigenvalue weighted by atomic mass is 9.96. The van der Waals surface area contributed by atoms with E-state index in [0.717, 1.165) is 42.4 Å². The monoisotopic (exact) mass is 354 g/mol. The molecule has 5 heteroatoms. The molecule has 0 unspecified atom stereocenters. The molecule has 21 heavy (non-hydrogen) atoms. The normalized spacial score (nSPS) is 16.7. The van der Waals surface area contributed by atoms with Gasteiger partial charge in [-0.25, -0.2) is 4.98 Å². The molecule has 1 aliphatic heterocycles. The molecule has 0 atom stereocenters. The van der Waals surface area contributed by atoms with Crippen molar-refractivity contribution in [3.63, 3.8) is 0 Å².